The van der Waals surface area contributed by atoms with Gasteiger partial charge in [-0.3, -0.25) is 4.79 Å². The standard InChI is InChI=1S/C19H20N4O3S2/c1-12(17(24)20-13-8-4-6-10-15(13)25-2)27-19-23-22-18(28-19)21-14-9-5-7-11-16(14)26-3/h4-12H,1-3H3,(H,20,24)(H,21,22)/t12-/m1/s1. The number of carbonyl (C=O) groups excluding carboxylic acids is 1. The molecule has 1 amide bonds. The fourth-order valence-corrected chi connectivity index (χ4v) is 4.27. The Hall–Kier alpha value is -2.78. The van der Waals surface area contributed by atoms with E-state index in [2.05, 4.69) is 20.8 Å². The van der Waals surface area contributed by atoms with E-state index in [0.29, 0.717) is 20.9 Å². The minimum Gasteiger partial charge on any atom is -0.495 e. The third-order valence-corrected chi connectivity index (χ3v) is 5.79. The Balaban J connectivity index is 1.62. The van der Waals surface area contributed by atoms with Crippen LogP contribution in [0.2, 0.25) is 0 Å². The Morgan fingerprint density at radius 2 is 1.61 bits per heavy atom. The van der Waals surface area contributed by atoms with Gasteiger partial charge in [0.2, 0.25) is 11.0 Å². The normalized spacial score (nSPS) is 11.5. The van der Waals surface area contributed by atoms with Crippen molar-refractivity contribution in [2.75, 3.05) is 24.9 Å². The number of hydrogen-bond donors (Lipinski definition) is 2. The van der Waals surface area contributed by atoms with E-state index in [0.717, 1.165) is 11.4 Å². The summed E-state index contributed by atoms with van der Waals surface area (Å²) >= 11 is 2.72. The predicted octanol–water partition coefficient (Wildman–Crippen LogP) is 4.42. The molecule has 1 atom stereocenters. The van der Waals surface area contributed by atoms with Gasteiger partial charge in [-0.1, -0.05) is 47.4 Å². The number of ether oxygens (including phenoxy) is 2. The van der Waals surface area contributed by atoms with Crippen molar-refractivity contribution in [1.82, 2.24) is 10.2 Å². The van der Waals surface area contributed by atoms with Crippen LogP contribution < -0.4 is 20.1 Å². The largest absolute Gasteiger partial charge is 0.495 e. The van der Waals surface area contributed by atoms with Crippen molar-refractivity contribution in [2.45, 2.75) is 16.5 Å². The fourth-order valence-electron chi connectivity index (χ4n) is 2.36. The molecule has 0 saturated heterocycles. The molecule has 7 nitrogen and oxygen atoms in total. The van der Waals surface area contributed by atoms with Gasteiger partial charge in [0.15, 0.2) is 4.34 Å². The zero-order chi connectivity index (χ0) is 19.9. The van der Waals surface area contributed by atoms with Crippen LogP contribution in [0.4, 0.5) is 16.5 Å². The third-order valence-electron chi connectivity index (χ3n) is 3.77. The van der Waals surface area contributed by atoms with E-state index in [1.54, 1.807) is 26.4 Å². The molecule has 1 heterocycles. The first-order chi connectivity index (χ1) is 13.6. The molecule has 0 aliphatic heterocycles. The van der Waals surface area contributed by atoms with E-state index in [-0.39, 0.29) is 11.2 Å². The van der Waals surface area contributed by atoms with Crippen molar-refractivity contribution in [3.63, 3.8) is 0 Å². The van der Waals surface area contributed by atoms with Gasteiger partial charge in [0.05, 0.1) is 30.8 Å². The molecule has 28 heavy (non-hydrogen) atoms. The average Bonchev–Trinajstić information content (AvgIpc) is 3.15. The lowest BCUT2D eigenvalue weighted by atomic mass is 10.3. The van der Waals surface area contributed by atoms with Crippen LogP contribution in [0.3, 0.4) is 0 Å². The van der Waals surface area contributed by atoms with E-state index in [1.165, 1.54) is 23.1 Å². The number of anilines is 3. The molecule has 3 rings (SSSR count). The number of nitrogens with one attached hydrogen (secondary N) is 2. The van der Waals surface area contributed by atoms with Crippen LogP contribution in [0.1, 0.15) is 6.92 Å². The van der Waals surface area contributed by atoms with E-state index < -0.39 is 0 Å². The van der Waals surface area contributed by atoms with Crippen LogP contribution in [-0.2, 0) is 4.79 Å². The molecule has 1 aromatic heterocycles. The Kier molecular flexibility index (Phi) is 6.72. The van der Waals surface area contributed by atoms with Crippen molar-refractivity contribution < 1.29 is 14.3 Å². The number of carbonyl (C=O) groups is 1. The summed E-state index contributed by atoms with van der Waals surface area (Å²) in [6, 6.07) is 14.9. The molecule has 9 heteroatoms. The molecule has 3 aromatic rings. The number of nitrogens with zero attached hydrogens (tertiary/aromatic N) is 2. The van der Waals surface area contributed by atoms with Gasteiger partial charge < -0.3 is 20.1 Å². The Morgan fingerprint density at radius 3 is 2.29 bits per heavy atom. The van der Waals surface area contributed by atoms with Crippen LogP contribution in [0.25, 0.3) is 0 Å². The van der Waals surface area contributed by atoms with Crippen LogP contribution >= 0.6 is 23.1 Å². The second-order valence-corrected chi connectivity index (χ2v) is 8.21. The Bertz CT molecular complexity index is 948. The first kappa shape index (κ1) is 20.0. The second kappa shape index (κ2) is 9.43. The lowest BCUT2D eigenvalue weighted by Crippen LogP contribution is -2.22. The Labute approximate surface area is 171 Å². The van der Waals surface area contributed by atoms with E-state index >= 15 is 0 Å². The quantitative estimate of drug-likeness (QED) is 0.526. The first-order valence-corrected chi connectivity index (χ1v) is 10.1. The maximum Gasteiger partial charge on any atom is 0.237 e. The molecule has 0 bridgehead atoms. The van der Waals surface area contributed by atoms with Gasteiger partial charge in [-0.25, -0.2) is 0 Å². The highest BCUT2D eigenvalue weighted by molar-refractivity contribution is 8.02. The second-order valence-electron chi connectivity index (χ2n) is 5.65. The van der Waals surface area contributed by atoms with E-state index in [9.17, 15) is 4.79 Å². The predicted molar refractivity (Wildman–Crippen MR) is 113 cm³/mol. The summed E-state index contributed by atoms with van der Waals surface area (Å²) in [7, 11) is 3.19. The van der Waals surface area contributed by atoms with E-state index in [1.807, 2.05) is 43.3 Å². The summed E-state index contributed by atoms with van der Waals surface area (Å²) in [6.45, 7) is 1.82. The summed E-state index contributed by atoms with van der Waals surface area (Å²) in [5.74, 6) is 1.20. The smallest absolute Gasteiger partial charge is 0.237 e. The summed E-state index contributed by atoms with van der Waals surface area (Å²) in [4.78, 5) is 12.5. The van der Waals surface area contributed by atoms with Crippen molar-refractivity contribution in [1.29, 1.82) is 0 Å². The lowest BCUT2D eigenvalue weighted by molar-refractivity contribution is -0.115. The molecule has 2 N–H and O–H groups in total. The third kappa shape index (κ3) is 4.93. The van der Waals surface area contributed by atoms with Crippen LogP contribution in [0.15, 0.2) is 52.9 Å². The highest BCUT2D eigenvalue weighted by atomic mass is 32.2. The van der Waals surface area contributed by atoms with Gasteiger partial charge in [-0.2, -0.15) is 0 Å². The van der Waals surface area contributed by atoms with Gasteiger partial charge in [0, 0.05) is 0 Å². The molecule has 2 aromatic carbocycles. The number of amides is 1. The molecule has 0 aliphatic carbocycles. The minimum absolute atomic E-state index is 0.135. The highest BCUT2D eigenvalue weighted by Gasteiger charge is 2.19. The summed E-state index contributed by atoms with van der Waals surface area (Å²) < 4.78 is 11.3. The van der Waals surface area contributed by atoms with Crippen LogP contribution in [-0.4, -0.2) is 35.6 Å². The molecule has 146 valence electrons. The van der Waals surface area contributed by atoms with Crippen molar-refractivity contribution in [3.8, 4) is 11.5 Å². The topological polar surface area (TPSA) is 85.4 Å². The van der Waals surface area contributed by atoms with E-state index in [4.69, 9.17) is 9.47 Å². The number of methoxy groups -OCH3 is 2. The van der Waals surface area contributed by atoms with Crippen molar-refractivity contribution in [2.24, 2.45) is 0 Å². The number of rotatable bonds is 8. The van der Waals surface area contributed by atoms with Crippen molar-refractivity contribution >= 4 is 45.5 Å². The number of thioether (sulfide) groups is 1. The van der Waals surface area contributed by atoms with Crippen LogP contribution in [0, 0.1) is 0 Å². The number of aromatic nitrogens is 2. The monoisotopic (exact) mass is 416 g/mol. The molecule has 0 spiro atoms. The first-order valence-electron chi connectivity index (χ1n) is 8.44. The fraction of sp³-hybridized carbons (Fsp3) is 0.211. The molecular weight excluding hydrogens is 396 g/mol. The zero-order valence-corrected chi connectivity index (χ0v) is 17.3. The summed E-state index contributed by atoms with van der Waals surface area (Å²) in [5, 5.41) is 14.6. The maximum absolute atomic E-state index is 12.5. The summed E-state index contributed by atoms with van der Waals surface area (Å²) in [5.41, 5.74) is 1.44. The zero-order valence-electron chi connectivity index (χ0n) is 15.6. The lowest BCUT2D eigenvalue weighted by Gasteiger charge is -2.12. The van der Waals surface area contributed by atoms with Crippen LogP contribution in [0.5, 0.6) is 11.5 Å². The summed E-state index contributed by atoms with van der Waals surface area (Å²) in [6.07, 6.45) is 0. The molecule has 0 fully saturated rings. The minimum atomic E-state index is -0.350. The molecule has 0 aliphatic rings. The maximum atomic E-state index is 12.5. The van der Waals surface area contributed by atoms with Gasteiger partial charge in [-0.15, -0.1) is 10.2 Å². The van der Waals surface area contributed by atoms with Gasteiger partial charge >= 0.3 is 0 Å². The highest BCUT2D eigenvalue weighted by Crippen LogP contribution is 2.33. The van der Waals surface area contributed by atoms with Gasteiger partial charge in [0.25, 0.3) is 0 Å². The number of para-hydroxylation sites is 4. The average molecular weight is 417 g/mol. The van der Waals surface area contributed by atoms with Gasteiger partial charge in [-0.05, 0) is 31.2 Å². The molecule has 0 unspecified atom stereocenters. The number of hydrogen-bond acceptors (Lipinski definition) is 8. The molecular formula is C19H20N4O3S2. The van der Waals surface area contributed by atoms with Gasteiger partial charge in [0.1, 0.15) is 11.5 Å². The Morgan fingerprint density at radius 1 is 1.00 bits per heavy atom. The van der Waals surface area contributed by atoms with Crippen molar-refractivity contribution in [3.05, 3.63) is 48.5 Å². The number of benzene rings is 2. The molecule has 0 radical (unpaired) electrons. The SMILES string of the molecule is COc1ccccc1NC(=O)[C@@H](C)Sc1nnc(Nc2ccccc2OC)s1. The molecule has 0 saturated carbocycles.